The molecular weight excluding hydrogens is 514 g/mol. The van der Waals surface area contributed by atoms with Crippen LogP contribution in [0, 0.1) is 5.92 Å². The summed E-state index contributed by atoms with van der Waals surface area (Å²) in [7, 11) is 0. The number of amidine groups is 1. The van der Waals surface area contributed by atoms with E-state index in [4.69, 9.17) is 15.7 Å². The normalized spacial score (nSPS) is 17.6. The van der Waals surface area contributed by atoms with E-state index >= 15 is 0 Å². The Hall–Kier alpha value is -5.16. The summed E-state index contributed by atoms with van der Waals surface area (Å²) in [5.74, 6) is 0.966. The standard InChI is InChI=1S/C37H31N5/c38-37(26-11-3-1-4-12-26)40-24-25-19-20-39-36(21-25)42-33-18-10-8-16-29(33)31-22-30-28-15-7-9-17-32(28)41(34(30)23-35(31)42)27-13-5-2-6-14-27/h1-18,20,22-23,25,36H,19,21,24H2,(H2,38,40). The Morgan fingerprint density at radius 2 is 1.33 bits per heavy atom. The van der Waals surface area contributed by atoms with Crippen LogP contribution in [-0.2, 0) is 0 Å². The lowest BCUT2D eigenvalue weighted by molar-refractivity contribution is 0.384. The summed E-state index contributed by atoms with van der Waals surface area (Å²) in [6.45, 7) is 0.687. The first-order chi connectivity index (χ1) is 20.8. The fourth-order valence-corrected chi connectivity index (χ4v) is 6.67. The van der Waals surface area contributed by atoms with Crippen LogP contribution in [0.2, 0.25) is 0 Å². The Labute approximate surface area is 244 Å². The number of nitrogens with zero attached hydrogens (tertiary/aromatic N) is 4. The van der Waals surface area contributed by atoms with Crippen LogP contribution in [-0.4, -0.2) is 27.7 Å². The molecule has 8 rings (SSSR count). The lowest BCUT2D eigenvalue weighted by atomic mass is 9.97. The monoisotopic (exact) mass is 545 g/mol. The van der Waals surface area contributed by atoms with E-state index < -0.39 is 0 Å². The van der Waals surface area contributed by atoms with Crippen molar-refractivity contribution in [3.63, 3.8) is 0 Å². The van der Waals surface area contributed by atoms with Gasteiger partial charge in [0.2, 0.25) is 0 Å². The Bertz CT molecular complexity index is 2130. The topological polar surface area (TPSA) is 60.6 Å². The second-order valence-electron chi connectivity index (χ2n) is 11.2. The molecule has 0 spiro atoms. The lowest BCUT2D eigenvalue weighted by Gasteiger charge is -2.26. The minimum absolute atomic E-state index is 0.00805. The molecule has 2 atom stereocenters. The summed E-state index contributed by atoms with van der Waals surface area (Å²) in [6.07, 6.45) is 3.90. The van der Waals surface area contributed by atoms with Crippen LogP contribution < -0.4 is 5.73 Å². The van der Waals surface area contributed by atoms with Crippen molar-refractivity contribution in [3.05, 3.63) is 127 Å². The third-order valence-electron chi connectivity index (χ3n) is 8.67. The van der Waals surface area contributed by atoms with Gasteiger partial charge in [-0.15, -0.1) is 0 Å². The third kappa shape index (κ3) is 4.00. The zero-order valence-corrected chi connectivity index (χ0v) is 23.3. The highest BCUT2D eigenvalue weighted by Crippen LogP contribution is 2.41. The predicted octanol–water partition coefficient (Wildman–Crippen LogP) is 8.28. The lowest BCUT2D eigenvalue weighted by Crippen LogP contribution is -2.21. The quantitative estimate of drug-likeness (QED) is 0.172. The van der Waals surface area contributed by atoms with E-state index in [9.17, 15) is 0 Å². The first kappa shape index (κ1) is 24.6. The average molecular weight is 546 g/mol. The maximum atomic E-state index is 6.35. The zero-order chi connectivity index (χ0) is 28.0. The molecule has 7 aromatic rings. The molecule has 0 saturated heterocycles. The van der Waals surface area contributed by atoms with Crippen LogP contribution in [0.4, 0.5) is 0 Å². The maximum Gasteiger partial charge on any atom is 0.125 e. The van der Waals surface area contributed by atoms with Gasteiger partial charge < -0.3 is 14.9 Å². The predicted molar refractivity (Wildman–Crippen MR) is 176 cm³/mol. The molecule has 1 aliphatic heterocycles. The van der Waals surface area contributed by atoms with Crippen LogP contribution in [0.3, 0.4) is 0 Å². The van der Waals surface area contributed by atoms with Gasteiger partial charge in [0.05, 0.1) is 22.1 Å². The number of hydrogen-bond donors (Lipinski definition) is 1. The first-order valence-electron chi connectivity index (χ1n) is 14.6. The highest BCUT2D eigenvalue weighted by molar-refractivity contribution is 6.18. The van der Waals surface area contributed by atoms with Crippen LogP contribution >= 0.6 is 0 Å². The number of para-hydroxylation sites is 3. The molecule has 0 bridgehead atoms. The minimum atomic E-state index is -0.00805. The Balaban J connectivity index is 1.28. The average Bonchev–Trinajstić information content (AvgIpc) is 3.55. The third-order valence-corrected chi connectivity index (χ3v) is 8.67. The smallest absolute Gasteiger partial charge is 0.125 e. The van der Waals surface area contributed by atoms with Gasteiger partial charge in [-0.1, -0.05) is 84.9 Å². The Kier molecular flexibility index (Phi) is 5.88. The molecular formula is C37H31N5. The molecule has 0 aliphatic carbocycles. The van der Waals surface area contributed by atoms with Crippen molar-refractivity contribution in [1.29, 1.82) is 0 Å². The van der Waals surface area contributed by atoms with Gasteiger partial charge >= 0.3 is 0 Å². The highest BCUT2D eigenvalue weighted by Gasteiger charge is 2.25. The molecule has 0 radical (unpaired) electrons. The van der Waals surface area contributed by atoms with Gasteiger partial charge in [-0.05, 0) is 55.2 Å². The molecule has 5 nitrogen and oxygen atoms in total. The Morgan fingerprint density at radius 1 is 0.690 bits per heavy atom. The molecule has 204 valence electrons. The van der Waals surface area contributed by atoms with E-state index in [0.717, 1.165) is 24.1 Å². The summed E-state index contributed by atoms with van der Waals surface area (Å²) in [4.78, 5) is 9.85. The summed E-state index contributed by atoms with van der Waals surface area (Å²) < 4.78 is 4.84. The number of aromatic nitrogens is 2. The molecule has 2 unspecified atom stereocenters. The van der Waals surface area contributed by atoms with Crippen LogP contribution in [0.25, 0.3) is 49.3 Å². The van der Waals surface area contributed by atoms with Crippen molar-refractivity contribution in [2.75, 3.05) is 6.54 Å². The van der Waals surface area contributed by atoms with Crippen LogP contribution in [0.15, 0.2) is 131 Å². The molecule has 5 heteroatoms. The van der Waals surface area contributed by atoms with Crippen molar-refractivity contribution in [3.8, 4) is 5.69 Å². The van der Waals surface area contributed by atoms with E-state index in [1.165, 1.54) is 43.6 Å². The van der Waals surface area contributed by atoms with Crippen LogP contribution in [0.1, 0.15) is 24.6 Å². The number of benzene rings is 5. The maximum absolute atomic E-state index is 6.35. The van der Waals surface area contributed by atoms with E-state index in [-0.39, 0.29) is 6.17 Å². The molecule has 2 aromatic heterocycles. The number of fused-ring (bicyclic) bond motifs is 6. The number of aliphatic imine (C=N–C) groups is 2. The summed E-state index contributed by atoms with van der Waals surface area (Å²) >= 11 is 0. The summed E-state index contributed by atoms with van der Waals surface area (Å²) in [5.41, 5.74) is 13.3. The van der Waals surface area contributed by atoms with E-state index in [2.05, 4.69) is 106 Å². The zero-order valence-electron chi connectivity index (χ0n) is 23.3. The van der Waals surface area contributed by atoms with Gasteiger partial charge in [-0.3, -0.25) is 9.98 Å². The SMILES string of the molecule is N/C(=N\CC1CC=NC(n2c3ccccc3c3cc4c5ccccc5n(-c5ccccc5)c4cc32)C1)c1ccccc1. The van der Waals surface area contributed by atoms with Crippen LogP contribution in [0.5, 0.6) is 0 Å². The Morgan fingerprint density at radius 3 is 2.12 bits per heavy atom. The minimum Gasteiger partial charge on any atom is -0.384 e. The highest BCUT2D eigenvalue weighted by atomic mass is 15.1. The molecule has 3 heterocycles. The molecule has 42 heavy (non-hydrogen) atoms. The van der Waals surface area contributed by atoms with E-state index in [1.54, 1.807) is 0 Å². The number of hydrogen-bond acceptors (Lipinski definition) is 2. The largest absolute Gasteiger partial charge is 0.384 e. The van der Waals surface area contributed by atoms with Gasteiger partial charge in [-0.2, -0.15) is 0 Å². The first-order valence-corrected chi connectivity index (χ1v) is 14.6. The fourth-order valence-electron chi connectivity index (χ4n) is 6.67. The van der Waals surface area contributed by atoms with Crippen molar-refractivity contribution < 1.29 is 0 Å². The van der Waals surface area contributed by atoms with Crippen molar-refractivity contribution in [2.24, 2.45) is 21.6 Å². The van der Waals surface area contributed by atoms with E-state index in [1.807, 2.05) is 30.3 Å². The van der Waals surface area contributed by atoms with Crippen molar-refractivity contribution in [1.82, 2.24) is 9.13 Å². The second kappa shape index (κ2) is 10.0. The number of rotatable bonds is 5. The van der Waals surface area contributed by atoms with Crippen molar-refractivity contribution in [2.45, 2.75) is 19.0 Å². The molecule has 0 amide bonds. The summed E-state index contributed by atoms with van der Waals surface area (Å²) in [5, 5.41) is 5.05. The van der Waals surface area contributed by atoms with Gasteiger partial charge in [0, 0.05) is 45.6 Å². The molecule has 2 N–H and O–H groups in total. The van der Waals surface area contributed by atoms with E-state index in [0.29, 0.717) is 18.3 Å². The molecule has 0 fully saturated rings. The molecule has 0 saturated carbocycles. The summed E-state index contributed by atoms with van der Waals surface area (Å²) in [6, 6.07) is 42.9. The fraction of sp³-hybridized carbons (Fsp3) is 0.135. The second-order valence-corrected chi connectivity index (χ2v) is 11.2. The molecule has 1 aliphatic rings. The van der Waals surface area contributed by atoms with Crippen molar-refractivity contribution >= 4 is 55.7 Å². The van der Waals surface area contributed by atoms with Gasteiger partial charge in [0.25, 0.3) is 0 Å². The van der Waals surface area contributed by atoms with Gasteiger partial charge in [-0.25, -0.2) is 0 Å². The number of nitrogens with two attached hydrogens (primary N) is 1. The van der Waals surface area contributed by atoms with Gasteiger partial charge in [0.15, 0.2) is 0 Å². The van der Waals surface area contributed by atoms with Gasteiger partial charge in [0.1, 0.15) is 12.0 Å². The molecule has 5 aromatic carbocycles.